The zero-order valence-corrected chi connectivity index (χ0v) is 26.6. The minimum Gasteiger partial charge on any atom is -0.296 e. The molecule has 0 spiro atoms. The Kier molecular flexibility index (Phi) is 6.72. The summed E-state index contributed by atoms with van der Waals surface area (Å²) in [5, 5.41) is 7.76. The highest BCUT2D eigenvalue weighted by Gasteiger charge is 2.21. The Morgan fingerprint density at radius 3 is 1.88 bits per heavy atom. The molecule has 0 N–H and O–H groups in total. The molecule has 3 heterocycles. The fraction of sp³-hybridized carbons (Fsp3) is 0.0455. The quantitative estimate of drug-likeness (QED) is 0.186. The topological polar surface area (TPSA) is 35.1 Å². The molecule has 0 atom stereocenters. The van der Waals surface area contributed by atoms with Crippen molar-refractivity contribution >= 4 is 27.3 Å². The van der Waals surface area contributed by atoms with Crippen LogP contribution in [-0.2, 0) is 6.42 Å². The highest BCUT2D eigenvalue weighted by atomic mass is 15.2. The molecular formula is C44H32N4. The smallest absolute Gasteiger partial charge is 0.114 e. The lowest BCUT2D eigenvalue weighted by Gasteiger charge is -2.11. The predicted molar refractivity (Wildman–Crippen MR) is 198 cm³/mol. The van der Waals surface area contributed by atoms with Gasteiger partial charge in [0.25, 0.3) is 0 Å². The second-order valence-corrected chi connectivity index (χ2v) is 12.2. The third kappa shape index (κ3) is 4.61. The van der Waals surface area contributed by atoms with Crippen molar-refractivity contribution in [2.45, 2.75) is 13.3 Å². The van der Waals surface area contributed by atoms with E-state index >= 15 is 0 Å². The van der Waals surface area contributed by atoms with E-state index in [1.807, 2.05) is 6.07 Å². The second-order valence-electron chi connectivity index (χ2n) is 12.2. The largest absolute Gasteiger partial charge is 0.296 e. The third-order valence-electron chi connectivity index (χ3n) is 9.32. The lowest BCUT2D eigenvalue weighted by Crippen LogP contribution is -1.99. The van der Waals surface area contributed by atoms with Crippen molar-refractivity contribution in [3.63, 3.8) is 0 Å². The Balaban J connectivity index is 1.17. The molecule has 0 radical (unpaired) electrons. The Labute approximate surface area is 279 Å². The van der Waals surface area contributed by atoms with Crippen molar-refractivity contribution in [1.82, 2.24) is 19.2 Å². The highest BCUT2D eigenvalue weighted by Crippen LogP contribution is 2.41. The Bertz CT molecular complexity index is 2560. The Morgan fingerprint density at radius 2 is 1.15 bits per heavy atom. The fourth-order valence-corrected chi connectivity index (χ4v) is 7.01. The number of aromatic nitrogens is 4. The van der Waals surface area contributed by atoms with Gasteiger partial charge < -0.3 is 0 Å². The van der Waals surface area contributed by atoms with Gasteiger partial charge in [0.1, 0.15) is 11.5 Å². The van der Waals surface area contributed by atoms with Gasteiger partial charge >= 0.3 is 0 Å². The van der Waals surface area contributed by atoms with Crippen LogP contribution in [0, 0.1) is 0 Å². The van der Waals surface area contributed by atoms with Crippen LogP contribution in [-0.4, -0.2) is 19.2 Å². The normalized spacial score (nSPS) is 11.5. The molecule has 9 rings (SSSR count). The van der Waals surface area contributed by atoms with Gasteiger partial charge in [0.05, 0.1) is 22.2 Å². The molecule has 0 aliphatic carbocycles. The molecule has 3 aromatic heterocycles. The zero-order chi connectivity index (χ0) is 32.0. The molecule has 0 aliphatic rings. The molecule has 0 unspecified atom stereocenters. The molecule has 0 aliphatic heterocycles. The summed E-state index contributed by atoms with van der Waals surface area (Å²) in [5.74, 6) is 1.07. The van der Waals surface area contributed by atoms with Gasteiger partial charge in [-0.2, -0.15) is 5.10 Å². The van der Waals surface area contributed by atoms with E-state index in [2.05, 4.69) is 174 Å². The number of aryl methyl sites for hydroxylation is 1. The van der Waals surface area contributed by atoms with E-state index in [1.54, 1.807) is 0 Å². The zero-order valence-electron chi connectivity index (χ0n) is 26.6. The fourth-order valence-electron chi connectivity index (χ4n) is 7.01. The first-order valence-corrected chi connectivity index (χ1v) is 16.5. The van der Waals surface area contributed by atoms with Crippen LogP contribution in [0.3, 0.4) is 0 Å². The summed E-state index contributed by atoms with van der Waals surface area (Å²) in [5.41, 5.74) is 13.3. The highest BCUT2D eigenvalue weighted by molar-refractivity contribution is 6.08. The first-order valence-electron chi connectivity index (χ1n) is 16.5. The van der Waals surface area contributed by atoms with Crippen LogP contribution in [0.5, 0.6) is 0 Å². The Morgan fingerprint density at radius 1 is 0.542 bits per heavy atom. The van der Waals surface area contributed by atoms with E-state index in [4.69, 9.17) is 10.1 Å². The van der Waals surface area contributed by atoms with Gasteiger partial charge in [-0.25, -0.2) is 9.50 Å². The van der Waals surface area contributed by atoms with Gasteiger partial charge in [-0.3, -0.25) is 4.57 Å². The molecule has 4 nitrogen and oxygen atoms in total. The summed E-state index contributed by atoms with van der Waals surface area (Å²) in [6, 6.07) is 58.1. The maximum atomic E-state index is 5.38. The Hall–Kier alpha value is -6.26. The predicted octanol–water partition coefficient (Wildman–Crippen LogP) is 11.1. The number of hydrogen-bond donors (Lipinski definition) is 0. The summed E-state index contributed by atoms with van der Waals surface area (Å²) >= 11 is 0. The molecule has 4 heteroatoms. The lowest BCUT2D eigenvalue weighted by atomic mass is 9.96. The van der Waals surface area contributed by atoms with Crippen LogP contribution in [0.1, 0.15) is 12.7 Å². The molecule has 0 amide bonds. The third-order valence-corrected chi connectivity index (χ3v) is 9.32. The summed E-state index contributed by atoms with van der Waals surface area (Å²) < 4.78 is 4.41. The molecule has 0 saturated heterocycles. The standard InChI is InChI=1S/C44H32N4/c1-2-41-45-38-19-11-12-20-39(38)47(41)36-27-25-31(26-28-36)30-21-23-34(24-22-30)43-42(33-15-7-4-8-16-33)44-37-18-10-9-17-35(37)29-40(48(44)46-43)32-13-5-3-6-14-32/h3-29H,2H2,1H3. The number of imidazole rings is 1. The van der Waals surface area contributed by atoms with E-state index < -0.39 is 0 Å². The van der Waals surface area contributed by atoms with E-state index in [-0.39, 0.29) is 0 Å². The number of fused-ring (bicyclic) bond motifs is 4. The van der Waals surface area contributed by atoms with Gasteiger partial charge in [0, 0.05) is 34.2 Å². The van der Waals surface area contributed by atoms with Crippen molar-refractivity contribution in [3.8, 4) is 50.5 Å². The average Bonchev–Trinajstić information content (AvgIpc) is 3.75. The minimum atomic E-state index is 0.870. The van der Waals surface area contributed by atoms with Crippen molar-refractivity contribution in [2.24, 2.45) is 0 Å². The number of hydrogen-bond acceptors (Lipinski definition) is 2. The number of para-hydroxylation sites is 2. The summed E-state index contributed by atoms with van der Waals surface area (Å²) in [7, 11) is 0. The van der Waals surface area contributed by atoms with Gasteiger partial charge in [-0.15, -0.1) is 0 Å². The number of pyridine rings is 1. The average molecular weight is 617 g/mol. The first kappa shape index (κ1) is 28.0. The molecule has 228 valence electrons. The molecule has 48 heavy (non-hydrogen) atoms. The van der Waals surface area contributed by atoms with Crippen LogP contribution in [0.2, 0.25) is 0 Å². The maximum absolute atomic E-state index is 5.38. The first-order chi connectivity index (χ1) is 23.8. The van der Waals surface area contributed by atoms with Crippen LogP contribution in [0.4, 0.5) is 0 Å². The van der Waals surface area contributed by atoms with Crippen LogP contribution < -0.4 is 0 Å². The van der Waals surface area contributed by atoms with Gasteiger partial charge in [-0.05, 0) is 52.4 Å². The summed E-state index contributed by atoms with van der Waals surface area (Å²) in [6.45, 7) is 2.16. The molecule has 0 saturated carbocycles. The van der Waals surface area contributed by atoms with E-state index in [9.17, 15) is 0 Å². The van der Waals surface area contributed by atoms with Crippen LogP contribution in [0.25, 0.3) is 77.8 Å². The van der Waals surface area contributed by atoms with E-state index in [0.29, 0.717) is 0 Å². The van der Waals surface area contributed by atoms with Crippen molar-refractivity contribution in [1.29, 1.82) is 0 Å². The second kappa shape index (κ2) is 11.5. The summed E-state index contributed by atoms with van der Waals surface area (Å²) in [6.07, 6.45) is 0.870. The van der Waals surface area contributed by atoms with Crippen molar-refractivity contribution in [2.75, 3.05) is 0 Å². The monoisotopic (exact) mass is 616 g/mol. The molecule has 0 fully saturated rings. The van der Waals surface area contributed by atoms with Crippen molar-refractivity contribution < 1.29 is 0 Å². The molecule has 0 bridgehead atoms. The van der Waals surface area contributed by atoms with Crippen LogP contribution >= 0.6 is 0 Å². The lowest BCUT2D eigenvalue weighted by molar-refractivity contribution is 0.908. The minimum absolute atomic E-state index is 0.870. The molecular weight excluding hydrogens is 585 g/mol. The van der Waals surface area contributed by atoms with Gasteiger partial charge in [-0.1, -0.05) is 140 Å². The maximum Gasteiger partial charge on any atom is 0.114 e. The number of benzene rings is 6. The number of rotatable bonds is 6. The van der Waals surface area contributed by atoms with Gasteiger partial charge in [0.15, 0.2) is 0 Å². The summed E-state index contributed by atoms with van der Waals surface area (Å²) in [4.78, 5) is 4.87. The van der Waals surface area contributed by atoms with Gasteiger partial charge in [0.2, 0.25) is 0 Å². The molecule has 6 aromatic carbocycles. The SMILES string of the molecule is CCc1nc2ccccc2n1-c1ccc(-c2ccc(-c3nn4c(-c5ccccc5)cc5ccccc5c4c3-c3ccccc3)cc2)cc1. The van der Waals surface area contributed by atoms with E-state index in [0.717, 1.165) is 73.7 Å². The van der Waals surface area contributed by atoms with Crippen molar-refractivity contribution in [3.05, 3.63) is 170 Å². The van der Waals surface area contributed by atoms with Crippen LogP contribution in [0.15, 0.2) is 164 Å². The molecule has 9 aromatic rings. The number of nitrogens with zero attached hydrogens (tertiary/aromatic N) is 4. The van der Waals surface area contributed by atoms with E-state index in [1.165, 1.54) is 16.3 Å².